The lowest BCUT2D eigenvalue weighted by atomic mass is 10.2. The van der Waals surface area contributed by atoms with Crippen molar-refractivity contribution >= 4 is 32.2 Å². The number of hydrogen-bond acceptors (Lipinski definition) is 10. The van der Waals surface area contributed by atoms with Crippen molar-refractivity contribution in [3.63, 3.8) is 0 Å². The second-order valence-electron chi connectivity index (χ2n) is 3.95. The molecule has 0 fully saturated rings. The standard InChI is InChI=1S/C10H18O10S2/c1-5-17-9(11)7(19-21(3,13)14)8(10(12)18-6-2)20-22(4,15)16/h7-8H,5-6H2,1-4H3. The number of rotatable bonds is 9. The molecule has 2 atom stereocenters. The van der Waals surface area contributed by atoms with Gasteiger partial charge in [-0.2, -0.15) is 16.8 Å². The molecule has 0 N–H and O–H groups in total. The summed E-state index contributed by atoms with van der Waals surface area (Å²) in [5, 5.41) is 0. The summed E-state index contributed by atoms with van der Waals surface area (Å²) in [7, 11) is -8.44. The Morgan fingerprint density at radius 3 is 1.23 bits per heavy atom. The zero-order chi connectivity index (χ0) is 17.6. The first-order chi connectivity index (χ1) is 9.91. The van der Waals surface area contributed by atoms with Crippen LogP contribution in [0.15, 0.2) is 0 Å². The molecule has 0 radical (unpaired) electrons. The fourth-order valence-electron chi connectivity index (χ4n) is 1.25. The zero-order valence-corrected chi connectivity index (χ0v) is 14.1. The van der Waals surface area contributed by atoms with Crippen molar-refractivity contribution in [3.8, 4) is 0 Å². The van der Waals surface area contributed by atoms with Crippen LogP contribution in [0, 0.1) is 0 Å². The average molecular weight is 362 g/mol. The molecule has 0 spiro atoms. The molecule has 0 saturated carbocycles. The van der Waals surface area contributed by atoms with Crippen LogP contribution in [0.1, 0.15) is 13.8 Å². The van der Waals surface area contributed by atoms with Crippen molar-refractivity contribution in [1.29, 1.82) is 0 Å². The summed E-state index contributed by atoms with van der Waals surface area (Å²) in [5.74, 6) is -2.57. The normalized spacial score (nSPS) is 14.9. The molecule has 0 aliphatic heterocycles. The molecule has 12 heteroatoms. The maximum absolute atomic E-state index is 11.8. The van der Waals surface area contributed by atoms with Crippen molar-refractivity contribution in [3.05, 3.63) is 0 Å². The SMILES string of the molecule is CCOC(=O)C(OS(C)(=O)=O)C(OS(C)(=O)=O)C(=O)OCC. The molecule has 0 heterocycles. The Hall–Kier alpha value is -1.24. The van der Waals surface area contributed by atoms with E-state index in [9.17, 15) is 26.4 Å². The minimum atomic E-state index is -4.22. The summed E-state index contributed by atoms with van der Waals surface area (Å²) in [6.45, 7) is 2.53. The van der Waals surface area contributed by atoms with Crippen LogP contribution in [0.2, 0.25) is 0 Å². The minimum Gasteiger partial charge on any atom is -0.464 e. The summed E-state index contributed by atoms with van der Waals surface area (Å²) >= 11 is 0. The lowest BCUT2D eigenvalue weighted by molar-refractivity contribution is -0.167. The van der Waals surface area contributed by atoms with Gasteiger partial charge in [0.15, 0.2) is 0 Å². The van der Waals surface area contributed by atoms with Crippen molar-refractivity contribution < 1.29 is 44.3 Å². The van der Waals surface area contributed by atoms with E-state index in [1.165, 1.54) is 13.8 Å². The third kappa shape index (κ3) is 8.26. The topological polar surface area (TPSA) is 139 Å². The Balaban J connectivity index is 5.69. The third-order valence-corrected chi connectivity index (χ3v) is 2.98. The van der Waals surface area contributed by atoms with Gasteiger partial charge in [-0.15, -0.1) is 0 Å². The molecule has 0 aliphatic rings. The van der Waals surface area contributed by atoms with Crippen LogP contribution in [0.5, 0.6) is 0 Å². The molecule has 10 nitrogen and oxygen atoms in total. The van der Waals surface area contributed by atoms with Crippen LogP contribution >= 0.6 is 0 Å². The quantitative estimate of drug-likeness (QED) is 0.363. The Kier molecular flexibility index (Phi) is 7.93. The van der Waals surface area contributed by atoms with E-state index in [0.29, 0.717) is 12.5 Å². The largest absolute Gasteiger partial charge is 0.464 e. The van der Waals surface area contributed by atoms with Gasteiger partial charge in [-0.25, -0.2) is 9.59 Å². The highest BCUT2D eigenvalue weighted by molar-refractivity contribution is 7.86. The van der Waals surface area contributed by atoms with E-state index in [0.717, 1.165) is 0 Å². The highest BCUT2D eigenvalue weighted by Gasteiger charge is 2.42. The number of esters is 2. The Morgan fingerprint density at radius 2 is 1.05 bits per heavy atom. The first kappa shape index (κ1) is 20.8. The van der Waals surface area contributed by atoms with Crippen molar-refractivity contribution in [1.82, 2.24) is 0 Å². The van der Waals surface area contributed by atoms with Crippen molar-refractivity contribution in [2.24, 2.45) is 0 Å². The molecule has 0 bridgehead atoms. The van der Waals surface area contributed by atoms with E-state index < -0.39 is 44.4 Å². The summed E-state index contributed by atoms with van der Waals surface area (Å²) in [4.78, 5) is 23.5. The first-order valence-electron chi connectivity index (χ1n) is 6.01. The van der Waals surface area contributed by atoms with Crippen LogP contribution in [0.25, 0.3) is 0 Å². The highest BCUT2D eigenvalue weighted by atomic mass is 32.2. The summed E-state index contributed by atoms with van der Waals surface area (Å²) in [5.41, 5.74) is 0. The monoisotopic (exact) mass is 362 g/mol. The number of hydrogen-bond donors (Lipinski definition) is 0. The van der Waals surface area contributed by atoms with Gasteiger partial charge in [0.25, 0.3) is 20.2 Å². The molecule has 130 valence electrons. The Labute approximate surface area is 128 Å². The van der Waals surface area contributed by atoms with E-state index >= 15 is 0 Å². The predicted octanol–water partition coefficient (Wildman–Crippen LogP) is -1.20. The predicted molar refractivity (Wildman–Crippen MR) is 72.7 cm³/mol. The molecule has 0 aromatic carbocycles. The van der Waals surface area contributed by atoms with E-state index in [1.807, 2.05) is 0 Å². The fraction of sp³-hybridized carbons (Fsp3) is 0.800. The van der Waals surface area contributed by atoms with Gasteiger partial charge in [-0.05, 0) is 13.8 Å². The molecular weight excluding hydrogens is 344 g/mol. The van der Waals surface area contributed by atoms with Gasteiger partial charge in [0.05, 0.1) is 25.7 Å². The Bertz CT molecular complexity index is 537. The van der Waals surface area contributed by atoms with Gasteiger partial charge in [-0.1, -0.05) is 0 Å². The maximum Gasteiger partial charge on any atom is 0.340 e. The van der Waals surface area contributed by atoms with Gasteiger partial charge < -0.3 is 9.47 Å². The smallest absolute Gasteiger partial charge is 0.340 e. The van der Waals surface area contributed by atoms with Crippen molar-refractivity contribution in [2.45, 2.75) is 26.1 Å². The molecule has 0 saturated heterocycles. The maximum atomic E-state index is 11.8. The second kappa shape index (κ2) is 8.41. The fourth-order valence-corrected chi connectivity index (χ4v) is 2.36. The summed E-state index contributed by atoms with van der Waals surface area (Å²) < 4.78 is 62.9. The number of carbonyl (C=O) groups is 2. The van der Waals surface area contributed by atoms with E-state index in [1.54, 1.807) is 0 Å². The Morgan fingerprint density at radius 1 is 0.773 bits per heavy atom. The van der Waals surface area contributed by atoms with Crippen LogP contribution < -0.4 is 0 Å². The van der Waals surface area contributed by atoms with E-state index in [4.69, 9.17) is 0 Å². The van der Waals surface area contributed by atoms with Gasteiger partial charge in [0, 0.05) is 0 Å². The summed E-state index contributed by atoms with van der Waals surface area (Å²) in [6, 6.07) is 0. The van der Waals surface area contributed by atoms with E-state index in [2.05, 4.69) is 17.8 Å². The van der Waals surface area contributed by atoms with Gasteiger partial charge in [0.1, 0.15) is 0 Å². The molecule has 0 aromatic heterocycles. The van der Waals surface area contributed by atoms with Crippen molar-refractivity contribution in [2.75, 3.05) is 25.7 Å². The lowest BCUT2D eigenvalue weighted by Crippen LogP contribution is -2.47. The molecule has 0 rings (SSSR count). The third-order valence-electron chi connectivity index (χ3n) is 1.87. The van der Waals surface area contributed by atoms with Gasteiger partial charge >= 0.3 is 11.9 Å². The highest BCUT2D eigenvalue weighted by Crippen LogP contribution is 2.14. The first-order valence-corrected chi connectivity index (χ1v) is 9.64. The zero-order valence-electron chi connectivity index (χ0n) is 12.5. The number of ether oxygens (including phenoxy) is 2. The van der Waals surface area contributed by atoms with Gasteiger partial charge in [0.2, 0.25) is 12.2 Å². The lowest BCUT2D eigenvalue weighted by Gasteiger charge is -2.22. The summed E-state index contributed by atoms with van der Waals surface area (Å²) in [6.07, 6.45) is -3.07. The molecule has 2 unspecified atom stereocenters. The van der Waals surface area contributed by atoms with Crippen LogP contribution in [0.3, 0.4) is 0 Å². The van der Waals surface area contributed by atoms with Crippen LogP contribution in [-0.2, 0) is 47.7 Å². The van der Waals surface area contributed by atoms with Crippen LogP contribution in [-0.4, -0.2) is 66.7 Å². The molecule has 22 heavy (non-hydrogen) atoms. The molecule has 0 aliphatic carbocycles. The van der Waals surface area contributed by atoms with Crippen LogP contribution in [0.4, 0.5) is 0 Å². The average Bonchev–Trinajstić information content (AvgIpc) is 2.31. The second-order valence-corrected chi connectivity index (χ2v) is 7.15. The molecule has 0 amide bonds. The number of carbonyl (C=O) groups excluding carboxylic acids is 2. The van der Waals surface area contributed by atoms with Gasteiger partial charge in [-0.3, -0.25) is 8.37 Å². The molecular formula is C10H18O10S2. The minimum absolute atomic E-state index is 0.156. The van der Waals surface area contributed by atoms with E-state index in [-0.39, 0.29) is 13.2 Å². The molecule has 0 aromatic rings.